The fourth-order valence-electron chi connectivity index (χ4n) is 2.57. The molecule has 23 heavy (non-hydrogen) atoms. The fourth-order valence-corrected chi connectivity index (χ4v) is 2.57. The molecule has 0 saturated heterocycles. The predicted molar refractivity (Wildman–Crippen MR) is 88.3 cm³/mol. The molecule has 0 radical (unpaired) electrons. The maximum Gasteiger partial charge on any atom is 0.349 e. The van der Waals surface area contributed by atoms with Crippen LogP contribution in [0.4, 0.5) is 0 Å². The first-order chi connectivity index (χ1) is 11.3. The minimum absolute atomic E-state index is 0.275. The van der Waals surface area contributed by atoms with Crippen molar-refractivity contribution in [2.75, 3.05) is 0 Å². The normalized spacial score (nSPS) is 11.0. The molecule has 0 aliphatic rings. The second-order valence-electron chi connectivity index (χ2n) is 5.32. The monoisotopic (exact) mass is 302 g/mol. The van der Waals surface area contributed by atoms with E-state index in [1.54, 1.807) is 0 Å². The Hall–Kier alpha value is -3.21. The van der Waals surface area contributed by atoms with Crippen molar-refractivity contribution in [3.63, 3.8) is 0 Å². The van der Waals surface area contributed by atoms with Gasteiger partial charge in [-0.1, -0.05) is 60.7 Å². The third-order valence-corrected chi connectivity index (χ3v) is 3.67. The number of H-pyrrole nitrogens is 1. The molecule has 0 amide bonds. The Morgan fingerprint density at radius 3 is 2.39 bits per heavy atom. The SMILES string of the molecule is O=c1[nH]c(Cc2ccccc2)nc2cc(-c3ccccc3)nn12. The van der Waals surface area contributed by atoms with Crippen LogP contribution in [0.2, 0.25) is 0 Å². The van der Waals surface area contributed by atoms with Gasteiger partial charge in [0.05, 0.1) is 5.69 Å². The molecular weight excluding hydrogens is 288 g/mol. The third-order valence-electron chi connectivity index (χ3n) is 3.67. The first kappa shape index (κ1) is 13.5. The van der Waals surface area contributed by atoms with Gasteiger partial charge in [-0.3, -0.25) is 4.98 Å². The first-order valence-electron chi connectivity index (χ1n) is 7.38. The Morgan fingerprint density at radius 2 is 1.65 bits per heavy atom. The minimum Gasteiger partial charge on any atom is -0.293 e. The van der Waals surface area contributed by atoms with Gasteiger partial charge in [-0.25, -0.2) is 9.78 Å². The molecule has 0 bridgehead atoms. The van der Waals surface area contributed by atoms with Gasteiger partial charge >= 0.3 is 5.69 Å². The largest absolute Gasteiger partial charge is 0.349 e. The van der Waals surface area contributed by atoms with Crippen molar-refractivity contribution in [1.29, 1.82) is 0 Å². The van der Waals surface area contributed by atoms with E-state index in [-0.39, 0.29) is 5.69 Å². The van der Waals surface area contributed by atoms with Crippen molar-refractivity contribution < 1.29 is 0 Å². The Kier molecular flexibility index (Phi) is 3.24. The second-order valence-corrected chi connectivity index (χ2v) is 5.32. The maximum atomic E-state index is 12.2. The number of aromatic nitrogens is 4. The summed E-state index contributed by atoms with van der Waals surface area (Å²) in [7, 11) is 0. The Labute approximate surface area is 132 Å². The molecule has 2 aromatic heterocycles. The summed E-state index contributed by atoms with van der Waals surface area (Å²) >= 11 is 0. The van der Waals surface area contributed by atoms with Crippen molar-refractivity contribution in [2.24, 2.45) is 0 Å². The van der Waals surface area contributed by atoms with Gasteiger partial charge in [-0.2, -0.15) is 9.61 Å². The fraction of sp³-hybridized carbons (Fsp3) is 0.0556. The number of nitrogens with one attached hydrogen (secondary N) is 1. The topological polar surface area (TPSA) is 63.0 Å². The number of hydrogen-bond donors (Lipinski definition) is 1. The van der Waals surface area contributed by atoms with Crippen LogP contribution in [0.5, 0.6) is 0 Å². The number of rotatable bonds is 3. The lowest BCUT2D eigenvalue weighted by Crippen LogP contribution is -2.21. The molecule has 0 saturated carbocycles. The number of benzene rings is 2. The van der Waals surface area contributed by atoms with Crippen LogP contribution in [-0.2, 0) is 6.42 Å². The van der Waals surface area contributed by atoms with Crippen molar-refractivity contribution in [3.8, 4) is 11.3 Å². The molecule has 112 valence electrons. The van der Waals surface area contributed by atoms with E-state index >= 15 is 0 Å². The zero-order valence-corrected chi connectivity index (χ0v) is 12.3. The second kappa shape index (κ2) is 5.53. The molecule has 4 rings (SSSR count). The lowest BCUT2D eigenvalue weighted by atomic mass is 10.1. The number of fused-ring (bicyclic) bond motifs is 1. The lowest BCUT2D eigenvalue weighted by Gasteiger charge is -2.01. The smallest absolute Gasteiger partial charge is 0.293 e. The molecule has 2 heterocycles. The van der Waals surface area contributed by atoms with Gasteiger partial charge in [0.25, 0.3) is 0 Å². The summed E-state index contributed by atoms with van der Waals surface area (Å²) in [5.74, 6) is 0.633. The highest BCUT2D eigenvalue weighted by Crippen LogP contribution is 2.17. The summed E-state index contributed by atoms with van der Waals surface area (Å²) in [5, 5.41) is 4.34. The summed E-state index contributed by atoms with van der Waals surface area (Å²) in [4.78, 5) is 19.6. The number of hydrogen-bond acceptors (Lipinski definition) is 3. The van der Waals surface area contributed by atoms with Gasteiger partial charge in [0.15, 0.2) is 5.65 Å². The standard InChI is InChI=1S/C18H14N4O/c23-18-20-16(11-13-7-3-1-4-8-13)19-17-12-15(21-22(17)18)14-9-5-2-6-10-14/h1-10,12H,11H2,(H,19,20,23). The van der Waals surface area contributed by atoms with E-state index in [0.717, 1.165) is 16.8 Å². The van der Waals surface area contributed by atoms with Gasteiger partial charge in [-0.15, -0.1) is 0 Å². The summed E-state index contributed by atoms with van der Waals surface area (Å²) < 4.78 is 1.30. The Balaban J connectivity index is 1.77. The van der Waals surface area contributed by atoms with Crippen LogP contribution in [-0.4, -0.2) is 19.6 Å². The van der Waals surface area contributed by atoms with Crippen LogP contribution in [0.1, 0.15) is 11.4 Å². The molecular formula is C18H14N4O. The summed E-state index contributed by atoms with van der Waals surface area (Å²) in [6, 6.07) is 21.5. The predicted octanol–water partition coefficient (Wildman–Crippen LogP) is 2.68. The molecule has 4 aromatic rings. The Morgan fingerprint density at radius 1 is 0.957 bits per heavy atom. The average Bonchev–Trinajstić information content (AvgIpc) is 3.01. The van der Waals surface area contributed by atoms with Crippen LogP contribution in [0.15, 0.2) is 71.5 Å². The van der Waals surface area contributed by atoms with E-state index in [0.29, 0.717) is 17.9 Å². The van der Waals surface area contributed by atoms with E-state index in [9.17, 15) is 4.79 Å². The zero-order chi connectivity index (χ0) is 15.6. The molecule has 0 fully saturated rings. The maximum absolute atomic E-state index is 12.2. The van der Waals surface area contributed by atoms with Crippen molar-refractivity contribution in [2.45, 2.75) is 6.42 Å². The minimum atomic E-state index is -0.275. The zero-order valence-electron chi connectivity index (χ0n) is 12.3. The van der Waals surface area contributed by atoms with E-state index < -0.39 is 0 Å². The van der Waals surface area contributed by atoms with Crippen LogP contribution in [0, 0.1) is 0 Å². The number of aromatic amines is 1. The van der Waals surface area contributed by atoms with Gasteiger partial charge in [0.2, 0.25) is 0 Å². The molecule has 5 nitrogen and oxygen atoms in total. The van der Waals surface area contributed by atoms with E-state index in [2.05, 4.69) is 15.1 Å². The van der Waals surface area contributed by atoms with Gasteiger partial charge in [-0.05, 0) is 5.56 Å². The Bertz CT molecular complexity index is 1000. The van der Waals surface area contributed by atoms with Crippen LogP contribution >= 0.6 is 0 Å². The molecule has 0 aliphatic carbocycles. The van der Waals surface area contributed by atoms with E-state index in [1.807, 2.05) is 66.7 Å². The lowest BCUT2D eigenvalue weighted by molar-refractivity contribution is 0.806. The van der Waals surface area contributed by atoms with Gasteiger partial charge < -0.3 is 0 Å². The summed E-state index contributed by atoms with van der Waals surface area (Å²) in [5.41, 5.74) is 3.08. The molecule has 0 atom stereocenters. The molecule has 2 aromatic carbocycles. The van der Waals surface area contributed by atoms with Crippen LogP contribution < -0.4 is 5.69 Å². The van der Waals surface area contributed by atoms with Gasteiger partial charge in [0.1, 0.15) is 5.82 Å². The van der Waals surface area contributed by atoms with Crippen LogP contribution in [0.3, 0.4) is 0 Å². The number of nitrogens with zero attached hydrogens (tertiary/aromatic N) is 3. The van der Waals surface area contributed by atoms with Crippen molar-refractivity contribution >= 4 is 5.65 Å². The summed E-state index contributed by atoms with van der Waals surface area (Å²) in [6.45, 7) is 0. The van der Waals surface area contributed by atoms with Crippen molar-refractivity contribution in [1.82, 2.24) is 19.6 Å². The molecule has 0 aliphatic heterocycles. The highest BCUT2D eigenvalue weighted by Gasteiger charge is 2.09. The highest BCUT2D eigenvalue weighted by molar-refractivity contribution is 5.63. The quantitative estimate of drug-likeness (QED) is 0.633. The van der Waals surface area contributed by atoms with Crippen molar-refractivity contribution in [3.05, 3.63) is 88.6 Å². The summed E-state index contributed by atoms with van der Waals surface area (Å²) in [6.07, 6.45) is 0.582. The molecule has 0 unspecified atom stereocenters. The third kappa shape index (κ3) is 2.64. The molecule has 1 N–H and O–H groups in total. The van der Waals surface area contributed by atoms with E-state index in [1.165, 1.54) is 4.52 Å². The first-order valence-corrected chi connectivity index (χ1v) is 7.38. The van der Waals surface area contributed by atoms with E-state index in [4.69, 9.17) is 0 Å². The van der Waals surface area contributed by atoms with Crippen LogP contribution in [0.25, 0.3) is 16.9 Å². The molecule has 0 spiro atoms. The molecule has 5 heteroatoms. The highest BCUT2D eigenvalue weighted by atomic mass is 16.1. The van der Waals surface area contributed by atoms with Gasteiger partial charge in [0, 0.05) is 18.1 Å². The average molecular weight is 302 g/mol.